The van der Waals surface area contributed by atoms with Gasteiger partial charge in [0.1, 0.15) is 5.82 Å². The molecule has 0 N–H and O–H groups in total. The van der Waals surface area contributed by atoms with Crippen molar-refractivity contribution in [3.63, 3.8) is 0 Å². The lowest BCUT2D eigenvalue weighted by Crippen LogP contribution is -2.23. The van der Waals surface area contributed by atoms with E-state index in [1.807, 2.05) is 6.07 Å². The zero-order chi connectivity index (χ0) is 23.1. The third kappa shape index (κ3) is 4.42. The Balaban J connectivity index is 0.995. The lowest BCUT2D eigenvalue weighted by molar-refractivity contribution is 0.174. The summed E-state index contributed by atoms with van der Waals surface area (Å²) in [5.74, 6) is 3.77. The Bertz CT molecular complexity index is 1180. The normalized spacial score (nSPS) is 23.3. The predicted octanol–water partition coefficient (Wildman–Crippen LogP) is 5.20. The van der Waals surface area contributed by atoms with Crippen molar-refractivity contribution in [1.82, 2.24) is 15.1 Å². The number of ether oxygens (including phenoxy) is 3. The smallest absolute Gasteiger partial charge is 0.233 e. The van der Waals surface area contributed by atoms with Gasteiger partial charge in [0.2, 0.25) is 12.7 Å². The van der Waals surface area contributed by atoms with E-state index in [4.69, 9.17) is 25.8 Å². The molecule has 3 heterocycles. The number of fused-ring (bicyclic) bond motifs is 2. The highest BCUT2D eigenvalue weighted by molar-refractivity contribution is 6.33. The molecule has 3 aliphatic rings. The van der Waals surface area contributed by atoms with Crippen LogP contribution in [0.1, 0.15) is 18.4 Å². The molecular formula is C26H25ClFN3O3. The molecule has 1 saturated carbocycles. The number of halogens is 2. The van der Waals surface area contributed by atoms with Crippen molar-refractivity contribution in [3.8, 4) is 28.6 Å². The van der Waals surface area contributed by atoms with E-state index in [2.05, 4.69) is 27.2 Å². The van der Waals surface area contributed by atoms with E-state index in [1.165, 1.54) is 36.6 Å². The summed E-state index contributed by atoms with van der Waals surface area (Å²) in [4.78, 5) is 2.55. The third-order valence-corrected chi connectivity index (χ3v) is 7.41. The largest absolute Gasteiger partial charge is 0.476 e. The second kappa shape index (κ2) is 9.04. The molecule has 3 aromatic rings. The molecule has 2 fully saturated rings. The van der Waals surface area contributed by atoms with Gasteiger partial charge in [0.15, 0.2) is 11.5 Å². The second-order valence-electron chi connectivity index (χ2n) is 9.43. The number of hydrogen-bond acceptors (Lipinski definition) is 6. The van der Waals surface area contributed by atoms with Crippen LogP contribution in [0, 0.1) is 23.6 Å². The molecule has 0 radical (unpaired) electrons. The molecule has 3 atom stereocenters. The minimum atomic E-state index is -0.359. The van der Waals surface area contributed by atoms with E-state index in [0.29, 0.717) is 53.3 Å². The van der Waals surface area contributed by atoms with Gasteiger partial charge < -0.3 is 14.2 Å². The number of rotatable bonds is 6. The lowest BCUT2D eigenvalue weighted by Gasteiger charge is -2.19. The molecule has 1 unspecified atom stereocenters. The van der Waals surface area contributed by atoms with Crippen molar-refractivity contribution in [3.05, 3.63) is 64.9 Å². The van der Waals surface area contributed by atoms with Gasteiger partial charge in [-0.05, 0) is 72.6 Å². The maximum absolute atomic E-state index is 13.5. The maximum Gasteiger partial charge on any atom is 0.233 e. The molecule has 34 heavy (non-hydrogen) atoms. The third-order valence-electron chi connectivity index (χ3n) is 7.08. The standard InChI is InChI=1S/C26H25ClFN3O3/c27-22-3-2-20(28)10-21(22)23-4-6-26(30-29-23)32-14-17-7-18-12-31(13-19(18)8-17)11-16-1-5-24-25(9-16)34-15-33-24/h1-6,9-10,17-19H,7-8,11-15H2/t17?,18-,19+. The van der Waals surface area contributed by atoms with Crippen molar-refractivity contribution in [2.24, 2.45) is 17.8 Å². The first-order valence-corrected chi connectivity index (χ1v) is 12.0. The number of likely N-dealkylation sites (tertiary alicyclic amines) is 1. The fourth-order valence-corrected chi connectivity index (χ4v) is 5.74. The number of hydrogen-bond donors (Lipinski definition) is 0. The summed E-state index contributed by atoms with van der Waals surface area (Å²) in [7, 11) is 0. The van der Waals surface area contributed by atoms with Crippen LogP contribution in [0.2, 0.25) is 5.02 Å². The summed E-state index contributed by atoms with van der Waals surface area (Å²) in [5.41, 5.74) is 2.31. The predicted molar refractivity (Wildman–Crippen MR) is 125 cm³/mol. The average Bonchev–Trinajstić information content (AvgIpc) is 3.54. The van der Waals surface area contributed by atoms with Crippen LogP contribution in [0.3, 0.4) is 0 Å². The highest BCUT2D eigenvalue weighted by Gasteiger charge is 2.41. The topological polar surface area (TPSA) is 56.7 Å². The Kier molecular flexibility index (Phi) is 5.75. The van der Waals surface area contributed by atoms with E-state index in [0.717, 1.165) is 31.1 Å². The summed E-state index contributed by atoms with van der Waals surface area (Å²) in [5, 5.41) is 8.78. The summed E-state index contributed by atoms with van der Waals surface area (Å²) >= 11 is 6.16. The number of benzene rings is 2. The second-order valence-corrected chi connectivity index (χ2v) is 9.84. The molecule has 1 aliphatic carbocycles. The average molecular weight is 482 g/mol. The van der Waals surface area contributed by atoms with Crippen LogP contribution >= 0.6 is 11.6 Å². The van der Waals surface area contributed by atoms with Gasteiger partial charge in [-0.1, -0.05) is 17.7 Å². The van der Waals surface area contributed by atoms with E-state index in [-0.39, 0.29) is 5.82 Å². The van der Waals surface area contributed by atoms with Crippen LogP contribution in [-0.2, 0) is 6.54 Å². The highest BCUT2D eigenvalue weighted by Crippen LogP contribution is 2.42. The lowest BCUT2D eigenvalue weighted by atomic mass is 10.0. The molecule has 0 amide bonds. The van der Waals surface area contributed by atoms with Crippen LogP contribution in [0.5, 0.6) is 17.4 Å². The van der Waals surface area contributed by atoms with E-state index in [1.54, 1.807) is 12.1 Å². The summed E-state index contributed by atoms with van der Waals surface area (Å²) in [6, 6.07) is 14.0. The Morgan fingerprint density at radius 2 is 1.79 bits per heavy atom. The van der Waals surface area contributed by atoms with Gasteiger partial charge in [-0.25, -0.2) is 4.39 Å². The van der Waals surface area contributed by atoms with Crippen molar-refractivity contribution < 1.29 is 18.6 Å². The van der Waals surface area contributed by atoms with Crippen molar-refractivity contribution >= 4 is 11.6 Å². The molecule has 176 valence electrons. The van der Waals surface area contributed by atoms with Gasteiger partial charge in [0.25, 0.3) is 0 Å². The van der Waals surface area contributed by atoms with E-state index < -0.39 is 0 Å². The van der Waals surface area contributed by atoms with Crippen LogP contribution in [0.25, 0.3) is 11.3 Å². The molecule has 6 rings (SSSR count). The van der Waals surface area contributed by atoms with Crippen LogP contribution < -0.4 is 14.2 Å². The van der Waals surface area contributed by atoms with E-state index in [9.17, 15) is 4.39 Å². The number of nitrogens with zero attached hydrogens (tertiary/aromatic N) is 3. The molecule has 6 nitrogen and oxygen atoms in total. The molecule has 2 aromatic carbocycles. The summed E-state index contributed by atoms with van der Waals surface area (Å²) in [6.45, 7) is 4.15. The fourth-order valence-electron chi connectivity index (χ4n) is 5.52. The Morgan fingerprint density at radius 3 is 2.59 bits per heavy atom. The molecule has 0 spiro atoms. The summed E-state index contributed by atoms with van der Waals surface area (Å²) < 4.78 is 30.4. The van der Waals surface area contributed by atoms with Gasteiger partial charge in [0.05, 0.1) is 17.3 Å². The molecule has 1 saturated heterocycles. The Hall–Kier alpha value is -2.90. The molecule has 2 aliphatic heterocycles. The van der Waals surface area contributed by atoms with Crippen LogP contribution in [0.15, 0.2) is 48.5 Å². The van der Waals surface area contributed by atoms with Crippen LogP contribution in [-0.4, -0.2) is 41.6 Å². The Morgan fingerprint density at radius 1 is 0.971 bits per heavy atom. The van der Waals surface area contributed by atoms with Gasteiger partial charge in [-0.3, -0.25) is 4.90 Å². The van der Waals surface area contributed by atoms with Gasteiger partial charge in [-0.15, -0.1) is 10.2 Å². The van der Waals surface area contributed by atoms with Crippen LogP contribution in [0.4, 0.5) is 4.39 Å². The quantitative estimate of drug-likeness (QED) is 0.482. The summed E-state index contributed by atoms with van der Waals surface area (Å²) in [6.07, 6.45) is 2.35. The maximum atomic E-state index is 13.5. The van der Waals surface area contributed by atoms with Crippen molar-refractivity contribution in [1.29, 1.82) is 0 Å². The first kappa shape index (κ1) is 21.6. The van der Waals surface area contributed by atoms with E-state index >= 15 is 0 Å². The first-order chi connectivity index (χ1) is 16.6. The first-order valence-electron chi connectivity index (χ1n) is 11.6. The molecular weight excluding hydrogens is 457 g/mol. The highest BCUT2D eigenvalue weighted by atomic mass is 35.5. The van der Waals surface area contributed by atoms with Crippen molar-refractivity contribution in [2.45, 2.75) is 19.4 Å². The van der Waals surface area contributed by atoms with Gasteiger partial charge >= 0.3 is 0 Å². The van der Waals surface area contributed by atoms with Crippen molar-refractivity contribution in [2.75, 3.05) is 26.5 Å². The fraction of sp³-hybridized carbons (Fsp3) is 0.385. The number of aromatic nitrogens is 2. The minimum absolute atomic E-state index is 0.313. The Labute approximate surface area is 202 Å². The SMILES string of the molecule is Fc1ccc(Cl)c(-c2ccc(OCC3C[C@@H]4CN(Cc5ccc6c(c5)OCO6)C[C@@H]4C3)nn2)c1. The van der Waals surface area contributed by atoms with Gasteiger partial charge in [-0.2, -0.15) is 0 Å². The van der Waals surface area contributed by atoms with Gasteiger partial charge in [0, 0.05) is 31.3 Å². The zero-order valence-corrected chi connectivity index (χ0v) is 19.4. The molecule has 8 heteroatoms. The minimum Gasteiger partial charge on any atom is -0.476 e. The monoisotopic (exact) mass is 481 g/mol. The molecule has 0 bridgehead atoms. The molecule has 1 aromatic heterocycles. The zero-order valence-electron chi connectivity index (χ0n) is 18.6.